The molecular formula is C12H17FN2O3S. The summed E-state index contributed by atoms with van der Waals surface area (Å²) in [5.74, 6) is -0.728. The van der Waals surface area contributed by atoms with Gasteiger partial charge in [-0.25, -0.2) is 12.8 Å². The van der Waals surface area contributed by atoms with Crippen molar-refractivity contribution in [1.29, 1.82) is 0 Å². The number of nitrogens with zero attached hydrogens (tertiary/aromatic N) is 1. The van der Waals surface area contributed by atoms with E-state index in [9.17, 15) is 12.8 Å². The molecule has 0 aromatic heterocycles. The summed E-state index contributed by atoms with van der Waals surface area (Å²) < 4.78 is 45.0. The number of hydrogen-bond donors (Lipinski definition) is 1. The SMILES string of the molecule is CC1(C)CN(S(=O)(=O)c2ccc(N)c(F)c2)CCO1. The van der Waals surface area contributed by atoms with E-state index in [2.05, 4.69) is 0 Å². The number of rotatable bonds is 2. The Bertz CT molecular complexity index is 587. The smallest absolute Gasteiger partial charge is 0.243 e. The van der Waals surface area contributed by atoms with E-state index < -0.39 is 21.4 Å². The highest BCUT2D eigenvalue weighted by Gasteiger charge is 2.35. The number of anilines is 1. The first-order valence-corrected chi connectivity index (χ1v) is 7.35. The van der Waals surface area contributed by atoms with Gasteiger partial charge < -0.3 is 10.5 Å². The minimum absolute atomic E-state index is 0.0683. The Labute approximate surface area is 112 Å². The minimum Gasteiger partial charge on any atom is -0.396 e. The topological polar surface area (TPSA) is 72.6 Å². The zero-order chi connectivity index (χ0) is 14.3. The summed E-state index contributed by atoms with van der Waals surface area (Å²) in [5, 5.41) is 0. The molecular weight excluding hydrogens is 271 g/mol. The molecule has 0 saturated carbocycles. The van der Waals surface area contributed by atoms with Gasteiger partial charge in [0.05, 0.1) is 22.8 Å². The second-order valence-electron chi connectivity index (χ2n) is 5.13. The molecule has 2 N–H and O–H groups in total. The predicted molar refractivity (Wildman–Crippen MR) is 69.6 cm³/mol. The second-order valence-corrected chi connectivity index (χ2v) is 7.07. The molecule has 1 saturated heterocycles. The van der Waals surface area contributed by atoms with Crippen LogP contribution in [0.25, 0.3) is 0 Å². The fraction of sp³-hybridized carbons (Fsp3) is 0.500. The highest BCUT2D eigenvalue weighted by atomic mass is 32.2. The summed E-state index contributed by atoms with van der Waals surface area (Å²) in [5.41, 5.74) is 4.74. The highest BCUT2D eigenvalue weighted by molar-refractivity contribution is 7.89. The van der Waals surface area contributed by atoms with Crippen LogP contribution >= 0.6 is 0 Å². The molecule has 7 heteroatoms. The largest absolute Gasteiger partial charge is 0.396 e. The fourth-order valence-electron chi connectivity index (χ4n) is 2.00. The van der Waals surface area contributed by atoms with Crippen molar-refractivity contribution in [1.82, 2.24) is 4.31 Å². The average Bonchev–Trinajstić information content (AvgIpc) is 2.31. The van der Waals surface area contributed by atoms with Crippen molar-refractivity contribution in [2.75, 3.05) is 25.4 Å². The van der Waals surface area contributed by atoms with Crippen molar-refractivity contribution in [2.45, 2.75) is 24.3 Å². The van der Waals surface area contributed by atoms with Gasteiger partial charge in [0.1, 0.15) is 5.82 Å². The van der Waals surface area contributed by atoms with Gasteiger partial charge in [0.25, 0.3) is 0 Å². The molecule has 1 aliphatic rings. The Morgan fingerprint density at radius 1 is 1.42 bits per heavy atom. The van der Waals surface area contributed by atoms with Crippen molar-refractivity contribution in [3.8, 4) is 0 Å². The molecule has 0 atom stereocenters. The number of hydrogen-bond acceptors (Lipinski definition) is 4. The summed E-state index contributed by atoms with van der Waals surface area (Å²) >= 11 is 0. The number of benzene rings is 1. The average molecular weight is 288 g/mol. The lowest BCUT2D eigenvalue weighted by Gasteiger charge is -2.37. The summed E-state index contributed by atoms with van der Waals surface area (Å²) in [6.45, 7) is 4.46. The van der Waals surface area contributed by atoms with Gasteiger partial charge in [0.15, 0.2) is 0 Å². The highest BCUT2D eigenvalue weighted by Crippen LogP contribution is 2.25. The molecule has 0 radical (unpaired) electrons. The van der Waals surface area contributed by atoms with Crippen LogP contribution in [0.2, 0.25) is 0 Å². The zero-order valence-electron chi connectivity index (χ0n) is 10.9. The van der Waals surface area contributed by atoms with Gasteiger partial charge in [-0.3, -0.25) is 0 Å². The maximum atomic E-state index is 13.4. The van der Waals surface area contributed by atoms with Gasteiger partial charge in [-0.15, -0.1) is 0 Å². The Morgan fingerprint density at radius 2 is 2.11 bits per heavy atom. The molecule has 1 aliphatic heterocycles. The molecule has 0 bridgehead atoms. The van der Waals surface area contributed by atoms with E-state index in [1.54, 1.807) is 0 Å². The molecule has 5 nitrogen and oxygen atoms in total. The van der Waals surface area contributed by atoms with Crippen molar-refractivity contribution in [2.24, 2.45) is 0 Å². The molecule has 106 valence electrons. The van der Waals surface area contributed by atoms with Crippen molar-refractivity contribution < 1.29 is 17.5 Å². The van der Waals surface area contributed by atoms with Crippen LogP contribution in [0.15, 0.2) is 23.1 Å². The van der Waals surface area contributed by atoms with E-state index in [-0.39, 0.29) is 23.7 Å². The molecule has 0 unspecified atom stereocenters. The zero-order valence-corrected chi connectivity index (χ0v) is 11.7. The van der Waals surface area contributed by atoms with Crippen molar-refractivity contribution in [3.63, 3.8) is 0 Å². The fourth-order valence-corrected chi connectivity index (χ4v) is 3.58. The van der Waals surface area contributed by atoms with Crippen LogP contribution < -0.4 is 5.73 Å². The third-order valence-corrected chi connectivity index (χ3v) is 4.84. The van der Waals surface area contributed by atoms with Gasteiger partial charge in [0, 0.05) is 13.1 Å². The van der Waals surface area contributed by atoms with E-state index in [1.807, 2.05) is 13.8 Å². The van der Waals surface area contributed by atoms with E-state index >= 15 is 0 Å². The van der Waals surface area contributed by atoms with Crippen LogP contribution in [0.3, 0.4) is 0 Å². The van der Waals surface area contributed by atoms with E-state index in [0.717, 1.165) is 6.07 Å². The van der Waals surface area contributed by atoms with Gasteiger partial charge >= 0.3 is 0 Å². The molecule has 1 fully saturated rings. The lowest BCUT2D eigenvalue weighted by molar-refractivity contribution is -0.0640. The molecule has 0 aliphatic carbocycles. The van der Waals surface area contributed by atoms with Gasteiger partial charge in [-0.2, -0.15) is 4.31 Å². The van der Waals surface area contributed by atoms with E-state index in [0.29, 0.717) is 6.61 Å². The van der Waals surface area contributed by atoms with Gasteiger partial charge in [-0.1, -0.05) is 0 Å². The van der Waals surface area contributed by atoms with Crippen LogP contribution in [0, 0.1) is 5.82 Å². The number of nitrogens with two attached hydrogens (primary N) is 1. The summed E-state index contributed by atoms with van der Waals surface area (Å²) in [7, 11) is -3.71. The maximum Gasteiger partial charge on any atom is 0.243 e. The van der Waals surface area contributed by atoms with Crippen LogP contribution in [0.1, 0.15) is 13.8 Å². The molecule has 1 aromatic carbocycles. The lowest BCUT2D eigenvalue weighted by Crippen LogP contribution is -2.50. The third-order valence-electron chi connectivity index (χ3n) is 3.00. The summed E-state index contributed by atoms with van der Waals surface area (Å²) in [6.07, 6.45) is 0. The first-order valence-electron chi connectivity index (χ1n) is 5.91. The number of sulfonamides is 1. The Hall–Kier alpha value is -1.18. The van der Waals surface area contributed by atoms with Crippen molar-refractivity contribution >= 4 is 15.7 Å². The number of nitrogen functional groups attached to an aromatic ring is 1. The van der Waals surface area contributed by atoms with E-state index in [1.165, 1.54) is 16.4 Å². The number of ether oxygens (including phenoxy) is 1. The Balaban J connectivity index is 2.34. The third kappa shape index (κ3) is 2.88. The van der Waals surface area contributed by atoms with Crippen LogP contribution in [0.4, 0.5) is 10.1 Å². The molecule has 19 heavy (non-hydrogen) atoms. The summed E-state index contributed by atoms with van der Waals surface area (Å²) in [6, 6.07) is 3.52. The quantitative estimate of drug-likeness (QED) is 0.830. The summed E-state index contributed by atoms with van der Waals surface area (Å²) in [4.78, 5) is -0.0862. The molecule has 0 amide bonds. The monoisotopic (exact) mass is 288 g/mol. The Kier molecular flexibility index (Phi) is 3.55. The number of morpholine rings is 1. The Morgan fingerprint density at radius 3 is 2.68 bits per heavy atom. The standard InChI is InChI=1S/C12H17FN2O3S/c1-12(2)8-15(5-6-18-12)19(16,17)9-3-4-11(14)10(13)7-9/h3-4,7H,5-6,8,14H2,1-2H3. The van der Waals surface area contributed by atoms with Crippen LogP contribution in [-0.2, 0) is 14.8 Å². The lowest BCUT2D eigenvalue weighted by atomic mass is 10.1. The molecule has 1 heterocycles. The predicted octanol–water partition coefficient (Wildman–Crippen LogP) is 1.21. The first kappa shape index (κ1) is 14.2. The van der Waals surface area contributed by atoms with Crippen LogP contribution in [0.5, 0.6) is 0 Å². The maximum absolute atomic E-state index is 13.4. The number of halogens is 1. The molecule has 2 rings (SSSR count). The molecule has 1 aromatic rings. The van der Waals surface area contributed by atoms with E-state index in [4.69, 9.17) is 10.5 Å². The first-order chi connectivity index (χ1) is 8.72. The van der Waals surface area contributed by atoms with Gasteiger partial charge in [0.2, 0.25) is 10.0 Å². The minimum atomic E-state index is -3.71. The molecule has 0 spiro atoms. The van der Waals surface area contributed by atoms with Crippen LogP contribution in [-0.4, -0.2) is 38.0 Å². The second kappa shape index (κ2) is 4.73. The van der Waals surface area contributed by atoms with Gasteiger partial charge in [-0.05, 0) is 32.0 Å². The normalized spacial score (nSPS) is 20.4. The van der Waals surface area contributed by atoms with Crippen molar-refractivity contribution in [3.05, 3.63) is 24.0 Å².